The Balaban J connectivity index is 2.56. The first-order chi connectivity index (χ1) is 19.2. The minimum atomic E-state index is -4.90. The predicted molar refractivity (Wildman–Crippen MR) is 142 cm³/mol. The monoisotopic (exact) mass is 602 g/mol. The molecule has 0 aliphatic heterocycles. The third-order valence-electron chi connectivity index (χ3n) is 5.44. The van der Waals surface area contributed by atoms with Crippen molar-refractivity contribution >= 4 is 43.4 Å². The van der Waals surface area contributed by atoms with E-state index in [0.29, 0.717) is 24.9 Å². The van der Waals surface area contributed by atoms with Crippen molar-refractivity contribution in [2.24, 2.45) is 0 Å². The molecule has 0 radical (unpaired) electrons. The third-order valence-corrected chi connectivity index (χ3v) is 6.58. The topological polar surface area (TPSA) is 258 Å². The number of carboxylic acid groups (broad SMARTS) is 3. The summed E-state index contributed by atoms with van der Waals surface area (Å²) < 4.78 is 16.8. The van der Waals surface area contributed by atoms with Gasteiger partial charge in [-0.2, -0.15) is 0 Å². The van der Waals surface area contributed by atoms with E-state index in [-0.39, 0.29) is 23.9 Å². The van der Waals surface area contributed by atoms with Gasteiger partial charge in [0, 0.05) is 38.4 Å². The second kappa shape index (κ2) is 17.8. The highest BCUT2D eigenvalue weighted by Crippen LogP contribution is 2.38. The lowest BCUT2D eigenvalue weighted by molar-refractivity contribution is -0.142. The number of benzene rings is 1. The molecule has 0 bridgehead atoms. The molecule has 0 fully saturated rings. The van der Waals surface area contributed by atoms with Crippen LogP contribution in [0.25, 0.3) is 0 Å². The molecule has 0 heterocycles. The summed E-state index contributed by atoms with van der Waals surface area (Å²) in [5.41, 5.74) is 0.720. The average Bonchev–Trinajstić information content (AvgIpc) is 2.89. The second-order valence-corrected chi connectivity index (χ2v) is 10.5. The maximum Gasteiger partial charge on any atom is 0.403 e. The van der Waals surface area contributed by atoms with Crippen LogP contribution in [0.2, 0.25) is 0 Å². The molecule has 0 aliphatic carbocycles. The van der Waals surface area contributed by atoms with E-state index in [2.05, 4.69) is 20.5 Å². The van der Waals surface area contributed by atoms with Crippen molar-refractivity contribution in [1.29, 1.82) is 0 Å². The zero-order chi connectivity index (χ0) is 31.0. The van der Waals surface area contributed by atoms with Crippen molar-refractivity contribution in [2.45, 2.75) is 64.1 Å². The molecule has 1 aromatic rings. The van der Waals surface area contributed by atoms with E-state index in [1.807, 2.05) is 0 Å². The van der Waals surface area contributed by atoms with Crippen LogP contribution in [0.1, 0.15) is 61.4 Å². The van der Waals surface area contributed by atoms with Crippen molar-refractivity contribution in [3.8, 4) is 0 Å². The molecule has 16 nitrogen and oxygen atoms in total. The fourth-order valence-corrected chi connectivity index (χ4v) is 4.31. The Morgan fingerprint density at radius 2 is 1.51 bits per heavy atom. The molecule has 0 spiro atoms. The molecule has 1 aromatic carbocycles. The van der Waals surface area contributed by atoms with Gasteiger partial charge >= 0.3 is 25.7 Å². The molecule has 1 rings (SSSR count). The van der Waals surface area contributed by atoms with Gasteiger partial charge in [-0.05, 0) is 37.0 Å². The van der Waals surface area contributed by atoms with Crippen LogP contribution in [0.5, 0.6) is 0 Å². The van der Waals surface area contributed by atoms with Crippen molar-refractivity contribution in [1.82, 2.24) is 21.0 Å². The summed E-state index contributed by atoms with van der Waals surface area (Å²) in [4.78, 5) is 78.6. The predicted octanol–water partition coefficient (Wildman–Crippen LogP) is 0.207. The van der Waals surface area contributed by atoms with E-state index in [1.165, 1.54) is 19.1 Å². The summed E-state index contributed by atoms with van der Waals surface area (Å²) in [5, 5.41) is 36.4. The Kier molecular flexibility index (Phi) is 15.2. The molecule has 1 unspecified atom stereocenters. The van der Waals surface area contributed by atoms with Crippen LogP contribution >= 0.6 is 7.75 Å². The van der Waals surface area contributed by atoms with Crippen LogP contribution in [0.4, 0.5) is 0 Å². The molecular weight excluding hydrogens is 567 g/mol. The number of aliphatic carboxylic acids is 3. The first kappa shape index (κ1) is 35.2. The Morgan fingerprint density at radius 1 is 0.878 bits per heavy atom. The van der Waals surface area contributed by atoms with Crippen molar-refractivity contribution in [3.63, 3.8) is 0 Å². The fraction of sp³-hybridized carbons (Fsp3) is 0.500. The first-order valence-electron chi connectivity index (χ1n) is 12.5. The van der Waals surface area contributed by atoms with Gasteiger partial charge in [0.25, 0.3) is 5.91 Å². The molecule has 3 amide bonds. The SMILES string of the molecule is CC(=O)NCCCCCC(=O)NCc1ccc(C(=O)N[C@@H](COP(=O)(O)N[C@@H](CCC(=O)O)C(=O)O)C(=O)O)cc1. The lowest BCUT2D eigenvalue weighted by Gasteiger charge is -2.21. The number of carbonyl (C=O) groups is 6. The van der Waals surface area contributed by atoms with E-state index in [9.17, 15) is 43.3 Å². The number of unbranched alkanes of at least 4 members (excludes halogenated alkanes) is 2. The number of carboxylic acids is 3. The zero-order valence-corrected chi connectivity index (χ0v) is 23.2. The summed E-state index contributed by atoms with van der Waals surface area (Å²) in [6.07, 6.45) is 1.35. The fourth-order valence-electron chi connectivity index (χ4n) is 3.25. The van der Waals surface area contributed by atoms with Gasteiger partial charge in [-0.1, -0.05) is 18.6 Å². The molecule has 0 saturated carbocycles. The van der Waals surface area contributed by atoms with Crippen LogP contribution in [0.15, 0.2) is 24.3 Å². The number of rotatable bonds is 20. The molecule has 17 heteroatoms. The molecule has 41 heavy (non-hydrogen) atoms. The summed E-state index contributed by atoms with van der Waals surface area (Å²) in [7, 11) is -4.90. The van der Waals surface area contributed by atoms with Crippen LogP contribution in [0.3, 0.4) is 0 Å². The third kappa shape index (κ3) is 15.5. The molecule has 0 aliphatic rings. The minimum absolute atomic E-state index is 0.0513. The van der Waals surface area contributed by atoms with Gasteiger partial charge in [0.2, 0.25) is 11.8 Å². The normalized spacial score (nSPS) is 13.7. The smallest absolute Gasteiger partial charge is 0.403 e. The van der Waals surface area contributed by atoms with E-state index in [1.54, 1.807) is 17.2 Å². The molecule has 0 aromatic heterocycles. The Hall–Kier alpha value is -3.85. The Morgan fingerprint density at radius 3 is 2.07 bits per heavy atom. The van der Waals surface area contributed by atoms with Gasteiger partial charge in [0.15, 0.2) is 6.04 Å². The number of hydrogen-bond acceptors (Lipinski definition) is 8. The molecule has 3 atom stereocenters. The summed E-state index contributed by atoms with van der Waals surface area (Å²) in [6.45, 7) is 1.17. The van der Waals surface area contributed by atoms with Crippen LogP contribution in [-0.2, 0) is 39.6 Å². The van der Waals surface area contributed by atoms with Crippen LogP contribution in [0, 0.1) is 0 Å². The van der Waals surface area contributed by atoms with E-state index >= 15 is 0 Å². The van der Waals surface area contributed by atoms with Gasteiger partial charge < -0.3 is 36.2 Å². The Labute approximate surface area is 235 Å². The maximum atomic E-state index is 12.5. The molecule has 228 valence electrons. The Bertz CT molecular complexity index is 1130. The number of amides is 3. The van der Waals surface area contributed by atoms with Gasteiger partial charge in [0.05, 0.1) is 6.61 Å². The second-order valence-electron chi connectivity index (χ2n) is 8.90. The van der Waals surface area contributed by atoms with Gasteiger partial charge in [-0.3, -0.25) is 28.5 Å². The molecular formula is C24H35N4O12P. The highest BCUT2D eigenvalue weighted by molar-refractivity contribution is 7.50. The lowest BCUT2D eigenvalue weighted by Crippen LogP contribution is -2.44. The van der Waals surface area contributed by atoms with Crippen LogP contribution < -0.4 is 21.0 Å². The zero-order valence-electron chi connectivity index (χ0n) is 22.3. The number of carbonyl (C=O) groups excluding carboxylic acids is 3. The molecule has 0 saturated heterocycles. The number of nitrogens with one attached hydrogen (secondary N) is 4. The van der Waals surface area contributed by atoms with Crippen molar-refractivity contribution < 1.29 is 58.1 Å². The van der Waals surface area contributed by atoms with E-state index < -0.39 is 63.1 Å². The van der Waals surface area contributed by atoms with Gasteiger partial charge in [0.1, 0.15) is 6.04 Å². The highest BCUT2D eigenvalue weighted by Gasteiger charge is 2.32. The van der Waals surface area contributed by atoms with E-state index in [4.69, 9.17) is 10.2 Å². The largest absolute Gasteiger partial charge is 0.481 e. The highest BCUT2D eigenvalue weighted by atomic mass is 31.2. The van der Waals surface area contributed by atoms with Crippen molar-refractivity contribution in [2.75, 3.05) is 13.2 Å². The van der Waals surface area contributed by atoms with Gasteiger partial charge in [-0.25, -0.2) is 14.4 Å². The van der Waals surface area contributed by atoms with Crippen LogP contribution in [-0.4, -0.2) is 81.1 Å². The number of hydrogen-bond donors (Lipinski definition) is 8. The van der Waals surface area contributed by atoms with E-state index in [0.717, 1.165) is 12.8 Å². The summed E-state index contributed by atoms with van der Waals surface area (Å²) in [6, 6.07) is 2.32. The van der Waals surface area contributed by atoms with Crippen molar-refractivity contribution in [3.05, 3.63) is 35.4 Å². The minimum Gasteiger partial charge on any atom is -0.481 e. The van der Waals surface area contributed by atoms with Gasteiger partial charge in [-0.15, -0.1) is 0 Å². The quantitative estimate of drug-likeness (QED) is 0.0734. The first-order valence-corrected chi connectivity index (χ1v) is 14.1. The maximum absolute atomic E-state index is 12.5. The summed E-state index contributed by atoms with van der Waals surface area (Å²) >= 11 is 0. The summed E-state index contributed by atoms with van der Waals surface area (Å²) in [5.74, 6) is -5.67. The molecule has 8 N–H and O–H groups in total. The lowest BCUT2D eigenvalue weighted by atomic mass is 10.1. The average molecular weight is 603 g/mol. The standard InChI is InChI=1S/C24H35N4O12P/c1-15(29)25-12-4-2-3-5-20(30)26-13-16-6-8-17(9-7-16)22(33)27-19(24(36)37)14-40-41(38,39)28-18(23(34)35)10-11-21(31)32/h6-9,18-19H,2-5,10-14H2,1H3,(H,25,29)(H,26,30)(H,27,33)(H,31,32)(H,34,35)(H,36,37)(H2,28,38,39)/t18-,19-/m0/s1.